The number of hydrogen-bond donors (Lipinski definition) is 2. The molecular weight excluding hydrogens is 545 g/mol. The van der Waals surface area contributed by atoms with Crippen LogP contribution in [0, 0.1) is 0 Å². The molecule has 2 fully saturated rings. The molecule has 0 saturated carbocycles. The smallest absolute Gasteiger partial charge is 0.416 e. The number of carboxylic acid groups (broad SMARTS) is 1. The molecule has 8 nitrogen and oxygen atoms in total. The molecule has 0 unspecified atom stereocenters. The first-order chi connectivity index (χ1) is 18.0. The Kier molecular flexibility index (Phi) is 6.74. The average molecular weight is 565 g/mol. The van der Waals surface area contributed by atoms with Gasteiger partial charge in [0.2, 0.25) is 0 Å². The zero-order chi connectivity index (χ0) is 27.2. The number of fused-ring (bicyclic) bond motifs is 1. The van der Waals surface area contributed by atoms with E-state index in [0.717, 1.165) is 11.0 Å². The molecular formula is C25H20ClF3N4O4S. The zero-order valence-corrected chi connectivity index (χ0v) is 21.2. The van der Waals surface area contributed by atoms with Crippen LogP contribution in [-0.4, -0.2) is 55.5 Å². The first-order valence-electron chi connectivity index (χ1n) is 11.5. The van der Waals surface area contributed by atoms with Crippen LogP contribution in [-0.2, 0) is 22.3 Å². The van der Waals surface area contributed by atoms with Crippen LogP contribution in [0.2, 0.25) is 5.02 Å². The summed E-state index contributed by atoms with van der Waals surface area (Å²) in [5.41, 5.74) is -1.30. The first-order valence-corrected chi connectivity index (χ1v) is 12.7. The van der Waals surface area contributed by atoms with Crippen LogP contribution in [0.15, 0.2) is 47.5 Å². The van der Waals surface area contributed by atoms with Crippen molar-refractivity contribution >= 4 is 57.5 Å². The molecule has 3 aromatic rings. The van der Waals surface area contributed by atoms with E-state index in [1.54, 1.807) is 18.2 Å². The van der Waals surface area contributed by atoms with Gasteiger partial charge >= 0.3 is 12.1 Å². The van der Waals surface area contributed by atoms with E-state index in [1.165, 1.54) is 29.1 Å². The second-order valence-corrected chi connectivity index (χ2v) is 10.5. The Hall–Kier alpha value is -3.35. The van der Waals surface area contributed by atoms with Crippen molar-refractivity contribution in [1.82, 2.24) is 20.0 Å². The van der Waals surface area contributed by atoms with Gasteiger partial charge in [0.05, 0.1) is 28.7 Å². The summed E-state index contributed by atoms with van der Waals surface area (Å²) in [6.07, 6.45) is -1.35. The fourth-order valence-electron chi connectivity index (χ4n) is 4.79. The summed E-state index contributed by atoms with van der Waals surface area (Å²) in [4.78, 5) is 39.0. The minimum Gasteiger partial charge on any atom is -0.479 e. The monoisotopic (exact) mass is 564 g/mol. The number of carbonyl (C=O) groups excluding carboxylic acids is 2. The molecule has 0 aliphatic carbocycles. The second kappa shape index (κ2) is 9.75. The minimum atomic E-state index is -4.58. The van der Waals surface area contributed by atoms with Crippen LogP contribution in [0.1, 0.15) is 29.5 Å². The summed E-state index contributed by atoms with van der Waals surface area (Å²) in [6.45, 7) is 0.600. The summed E-state index contributed by atoms with van der Waals surface area (Å²) >= 11 is 6.45. The normalized spacial score (nSPS) is 19.1. The number of carbonyl (C=O) groups is 3. The molecule has 2 amide bonds. The van der Waals surface area contributed by atoms with Crippen molar-refractivity contribution in [2.45, 2.75) is 31.1 Å². The van der Waals surface area contributed by atoms with Crippen molar-refractivity contribution in [2.24, 2.45) is 0 Å². The quantitative estimate of drug-likeness (QED) is 0.420. The van der Waals surface area contributed by atoms with E-state index in [1.807, 2.05) is 0 Å². The van der Waals surface area contributed by atoms with Gasteiger partial charge in [-0.3, -0.25) is 19.2 Å². The van der Waals surface area contributed by atoms with E-state index >= 15 is 0 Å². The van der Waals surface area contributed by atoms with Crippen molar-refractivity contribution in [3.63, 3.8) is 0 Å². The zero-order valence-electron chi connectivity index (χ0n) is 19.6. The van der Waals surface area contributed by atoms with E-state index in [2.05, 4.69) is 10.4 Å². The van der Waals surface area contributed by atoms with Gasteiger partial charge in [-0.25, -0.2) is 4.79 Å². The van der Waals surface area contributed by atoms with Crippen LogP contribution in [0.5, 0.6) is 0 Å². The number of aromatic nitrogens is 2. The van der Waals surface area contributed by atoms with Gasteiger partial charge in [0, 0.05) is 10.4 Å². The van der Waals surface area contributed by atoms with Gasteiger partial charge in [-0.2, -0.15) is 18.3 Å². The number of aliphatic carboxylic acids is 1. The number of rotatable bonds is 5. The fourth-order valence-corrected chi connectivity index (χ4v) is 5.88. The molecule has 0 atom stereocenters. The molecule has 38 heavy (non-hydrogen) atoms. The van der Waals surface area contributed by atoms with E-state index in [0.29, 0.717) is 41.3 Å². The Balaban J connectivity index is 1.42. The lowest BCUT2D eigenvalue weighted by molar-refractivity contribution is -0.155. The fraction of sp³-hybridized carbons (Fsp3) is 0.280. The van der Waals surface area contributed by atoms with Crippen LogP contribution in [0.4, 0.5) is 18.0 Å². The lowest BCUT2D eigenvalue weighted by Crippen LogP contribution is -2.61. The van der Waals surface area contributed by atoms with E-state index < -0.39 is 34.4 Å². The van der Waals surface area contributed by atoms with Crippen molar-refractivity contribution in [2.75, 3.05) is 13.1 Å². The summed E-state index contributed by atoms with van der Waals surface area (Å²) < 4.78 is 41.9. The van der Waals surface area contributed by atoms with Gasteiger partial charge < -0.3 is 10.4 Å². The second-order valence-electron chi connectivity index (χ2n) is 9.02. The maximum atomic E-state index is 13.5. The Morgan fingerprint density at radius 3 is 2.61 bits per heavy atom. The number of piperidine rings is 1. The van der Waals surface area contributed by atoms with Gasteiger partial charge in [0.1, 0.15) is 0 Å². The Morgan fingerprint density at radius 1 is 1.18 bits per heavy atom. The highest BCUT2D eigenvalue weighted by Crippen LogP contribution is 2.41. The summed E-state index contributed by atoms with van der Waals surface area (Å²) in [7, 11) is 0. The number of hydrogen-bond acceptors (Lipinski definition) is 6. The maximum absolute atomic E-state index is 13.5. The van der Waals surface area contributed by atoms with Crippen LogP contribution < -0.4 is 5.32 Å². The number of nitrogens with one attached hydrogen (secondary N) is 1. The predicted octanol–water partition coefficient (Wildman–Crippen LogP) is 5.00. The maximum Gasteiger partial charge on any atom is 0.416 e. The number of carboxylic acids is 1. The summed E-state index contributed by atoms with van der Waals surface area (Å²) in [5.74, 6) is -1.88. The summed E-state index contributed by atoms with van der Waals surface area (Å²) in [5, 5.41) is 17.1. The minimum absolute atomic E-state index is 0.00919. The van der Waals surface area contributed by atoms with Crippen LogP contribution >= 0.6 is 23.4 Å². The molecule has 2 aromatic carbocycles. The van der Waals surface area contributed by atoms with Crippen molar-refractivity contribution in [3.8, 4) is 0 Å². The highest BCUT2D eigenvalue weighted by atomic mass is 35.5. The van der Waals surface area contributed by atoms with Gasteiger partial charge in [0.25, 0.3) is 11.1 Å². The Bertz CT molecular complexity index is 1500. The standard InChI is InChI=1S/C25H20ClF3N4O4S/c26-17-3-2-15(18(11-17)25(27,28)29)13-32-19-4-1-14(9-16(19)12-31-32)10-20-21(34)33(23(37)38-20)24(22(35)36)5-7-30-8-6-24/h1-4,9-12,30H,5-8,13H2,(H,35,36)/b20-10-. The van der Waals surface area contributed by atoms with Gasteiger partial charge in [0.15, 0.2) is 5.54 Å². The number of nitrogens with zero attached hydrogens (tertiary/aromatic N) is 3. The van der Waals surface area contributed by atoms with Gasteiger partial charge in [-0.05, 0) is 79.2 Å². The van der Waals surface area contributed by atoms with E-state index in [-0.39, 0.29) is 34.9 Å². The third-order valence-corrected chi connectivity index (χ3v) is 7.82. The van der Waals surface area contributed by atoms with Crippen molar-refractivity contribution < 1.29 is 32.7 Å². The molecule has 2 N–H and O–H groups in total. The van der Waals surface area contributed by atoms with Gasteiger partial charge in [-0.15, -0.1) is 0 Å². The van der Waals surface area contributed by atoms with Crippen LogP contribution in [0.3, 0.4) is 0 Å². The number of benzene rings is 2. The highest BCUT2D eigenvalue weighted by molar-refractivity contribution is 8.18. The molecule has 2 aliphatic heterocycles. The number of alkyl halides is 3. The Labute approximate surface area is 223 Å². The number of halogens is 4. The van der Waals surface area contributed by atoms with E-state index in [4.69, 9.17) is 11.6 Å². The highest BCUT2D eigenvalue weighted by Gasteiger charge is 2.54. The molecule has 0 radical (unpaired) electrons. The lowest BCUT2D eigenvalue weighted by Gasteiger charge is -2.39. The topological polar surface area (TPSA) is 105 Å². The third-order valence-electron chi connectivity index (χ3n) is 6.71. The Morgan fingerprint density at radius 2 is 1.92 bits per heavy atom. The molecule has 0 spiro atoms. The first kappa shape index (κ1) is 26.3. The average Bonchev–Trinajstić information content (AvgIpc) is 3.39. The predicted molar refractivity (Wildman–Crippen MR) is 136 cm³/mol. The largest absolute Gasteiger partial charge is 0.479 e. The number of amides is 2. The van der Waals surface area contributed by atoms with Crippen molar-refractivity contribution in [3.05, 3.63) is 69.2 Å². The van der Waals surface area contributed by atoms with Gasteiger partial charge in [-0.1, -0.05) is 23.7 Å². The number of thioether (sulfide) groups is 1. The molecule has 5 rings (SSSR count). The third kappa shape index (κ3) is 4.67. The van der Waals surface area contributed by atoms with Crippen LogP contribution in [0.25, 0.3) is 17.0 Å². The summed E-state index contributed by atoms with van der Waals surface area (Å²) in [6, 6.07) is 8.59. The lowest BCUT2D eigenvalue weighted by atomic mass is 9.86. The molecule has 3 heterocycles. The molecule has 2 aliphatic rings. The SMILES string of the molecule is O=C1S/C(=C\c2ccc3c(cnn3Cc3ccc(Cl)cc3C(F)(F)F)c2)C(=O)N1C1(C(=O)O)CCNCC1. The number of imide groups is 1. The molecule has 13 heteroatoms. The molecule has 2 saturated heterocycles. The van der Waals surface area contributed by atoms with Crippen molar-refractivity contribution in [1.29, 1.82) is 0 Å². The molecule has 198 valence electrons. The van der Waals surface area contributed by atoms with E-state index in [9.17, 15) is 32.7 Å². The molecule has 1 aromatic heterocycles. The molecule has 0 bridgehead atoms.